The number of hydrogen-bond acceptors (Lipinski definition) is 7. The minimum atomic E-state index is -3.37. The number of aryl methyl sites for hydroxylation is 1. The molecule has 0 atom stereocenters. The van der Waals surface area contributed by atoms with E-state index in [4.69, 9.17) is 0 Å². The average molecular weight is 411 g/mol. The van der Waals surface area contributed by atoms with Crippen molar-refractivity contribution in [1.82, 2.24) is 29.4 Å². The monoisotopic (exact) mass is 410 g/mol. The summed E-state index contributed by atoms with van der Waals surface area (Å²) in [5, 5.41) is 11.8. The molecule has 0 spiro atoms. The van der Waals surface area contributed by atoms with Crippen molar-refractivity contribution in [2.24, 2.45) is 7.05 Å². The molecule has 2 aromatic rings. The van der Waals surface area contributed by atoms with E-state index in [9.17, 15) is 13.2 Å². The molecule has 0 saturated carbocycles. The van der Waals surface area contributed by atoms with Gasteiger partial charge in [0.1, 0.15) is 0 Å². The van der Waals surface area contributed by atoms with E-state index in [0.29, 0.717) is 43.5 Å². The molecule has 146 valence electrons. The SMILES string of the molecule is Cn1nnnc1SCCC(=O)N1CCN(S(=O)(=O)Cc2ccccc2)CC1. The molecule has 0 N–H and O–H groups in total. The molecule has 3 rings (SSSR count). The van der Waals surface area contributed by atoms with Crippen LogP contribution in [-0.4, -0.2) is 75.7 Å². The standard InChI is InChI=1S/C16H22N6O3S2/c1-20-16(17-18-19-20)26-12-7-15(23)21-8-10-22(11-9-21)27(24,25)13-14-5-3-2-4-6-14/h2-6H,7-13H2,1H3. The largest absolute Gasteiger partial charge is 0.340 e. The van der Waals surface area contributed by atoms with Crippen LogP contribution < -0.4 is 0 Å². The van der Waals surface area contributed by atoms with E-state index in [1.165, 1.54) is 16.1 Å². The summed E-state index contributed by atoms with van der Waals surface area (Å²) in [6.07, 6.45) is 0.369. The zero-order chi connectivity index (χ0) is 19.3. The molecule has 1 aliphatic heterocycles. The third kappa shape index (κ3) is 5.27. The molecule has 1 aromatic carbocycles. The minimum absolute atomic E-state index is 0.00976. The number of carbonyl (C=O) groups excluding carboxylic acids is 1. The van der Waals surface area contributed by atoms with Crippen LogP contribution in [0.5, 0.6) is 0 Å². The van der Waals surface area contributed by atoms with Gasteiger partial charge in [0.25, 0.3) is 0 Å². The predicted octanol–water partition coefficient (Wildman–Crippen LogP) is 0.367. The number of hydrogen-bond donors (Lipinski definition) is 0. The highest BCUT2D eigenvalue weighted by Crippen LogP contribution is 2.16. The number of sulfonamides is 1. The third-order valence-corrected chi connectivity index (χ3v) is 7.17. The van der Waals surface area contributed by atoms with Crippen molar-refractivity contribution in [1.29, 1.82) is 0 Å². The van der Waals surface area contributed by atoms with Crippen molar-refractivity contribution in [2.45, 2.75) is 17.3 Å². The number of amides is 1. The minimum Gasteiger partial charge on any atom is -0.340 e. The lowest BCUT2D eigenvalue weighted by Crippen LogP contribution is -2.50. The number of tetrazole rings is 1. The van der Waals surface area contributed by atoms with Crippen molar-refractivity contribution in [3.8, 4) is 0 Å². The van der Waals surface area contributed by atoms with Crippen LogP contribution in [-0.2, 0) is 27.6 Å². The first-order valence-corrected chi connectivity index (χ1v) is 11.2. The lowest BCUT2D eigenvalue weighted by atomic mass is 10.2. The van der Waals surface area contributed by atoms with Gasteiger partial charge in [0.05, 0.1) is 5.75 Å². The molecule has 1 aliphatic rings. The summed E-state index contributed by atoms with van der Waals surface area (Å²) in [7, 11) is -1.62. The highest BCUT2D eigenvalue weighted by molar-refractivity contribution is 7.99. The number of aromatic nitrogens is 4. The number of piperazine rings is 1. The van der Waals surface area contributed by atoms with Crippen molar-refractivity contribution in [3.05, 3.63) is 35.9 Å². The van der Waals surface area contributed by atoms with E-state index >= 15 is 0 Å². The Morgan fingerprint density at radius 3 is 2.48 bits per heavy atom. The molecule has 1 fully saturated rings. The molecule has 0 aliphatic carbocycles. The molecule has 1 amide bonds. The van der Waals surface area contributed by atoms with Gasteiger partial charge < -0.3 is 4.90 Å². The molecule has 0 bridgehead atoms. The molecule has 9 nitrogen and oxygen atoms in total. The Morgan fingerprint density at radius 1 is 1.15 bits per heavy atom. The zero-order valence-corrected chi connectivity index (χ0v) is 16.7. The Hall–Kier alpha value is -1.98. The van der Waals surface area contributed by atoms with Gasteiger partial charge in [-0.15, -0.1) is 5.10 Å². The zero-order valence-electron chi connectivity index (χ0n) is 15.1. The quantitative estimate of drug-likeness (QED) is 0.608. The van der Waals surface area contributed by atoms with E-state index in [2.05, 4.69) is 15.5 Å². The second-order valence-corrected chi connectivity index (χ2v) is 9.24. The van der Waals surface area contributed by atoms with Gasteiger partial charge in [0, 0.05) is 45.4 Å². The Bertz CT molecular complexity index is 863. The summed E-state index contributed by atoms with van der Waals surface area (Å²) in [5.74, 6) is 0.599. The van der Waals surface area contributed by atoms with Crippen molar-refractivity contribution in [3.63, 3.8) is 0 Å². The van der Waals surface area contributed by atoms with Crippen molar-refractivity contribution >= 4 is 27.7 Å². The first-order chi connectivity index (χ1) is 13.0. The van der Waals surface area contributed by atoms with Crippen LogP contribution in [0.25, 0.3) is 0 Å². The van der Waals surface area contributed by atoms with Crippen LogP contribution in [0, 0.1) is 0 Å². The van der Waals surface area contributed by atoms with Gasteiger partial charge in [0.2, 0.25) is 21.1 Å². The number of rotatable bonds is 7. The number of thioether (sulfide) groups is 1. The summed E-state index contributed by atoms with van der Waals surface area (Å²) in [6.45, 7) is 1.51. The van der Waals surface area contributed by atoms with Gasteiger partial charge in [-0.25, -0.2) is 13.1 Å². The van der Waals surface area contributed by atoms with Crippen LogP contribution >= 0.6 is 11.8 Å². The first-order valence-electron chi connectivity index (χ1n) is 8.60. The summed E-state index contributed by atoms with van der Waals surface area (Å²) >= 11 is 1.43. The molecular formula is C16H22N6O3S2. The Morgan fingerprint density at radius 2 is 1.85 bits per heavy atom. The fraction of sp³-hybridized carbons (Fsp3) is 0.500. The highest BCUT2D eigenvalue weighted by atomic mass is 32.2. The van der Waals surface area contributed by atoms with Crippen molar-refractivity contribution < 1.29 is 13.2 Å². The molecule has 2 heterocycles. The lowest BCUT2D eigenvalue weighted by molar-refractivity contribution is -0.131. The molecular weight excluding hydrogens is 388 g/mol. The lowest BCUT2D eigenvalue weighted by Gasteiger charge is -2.34. The normalized spacial score (nSPS) is 15.8. The molecule has 1 aromatic heterocycles. The van der Waals surface area contributed by atoms with Crippen molar-refractivity contribution in [2.75, 3.05) is 31.9 Å². The average Bonchev–Trinajstić information content (AvgIpc) is 3.07. The maximum absolute atomic E-state index is 12.6. The van der Waals surface area contributed by atoms with E-state index in [0.717, 1.165) is 5.56 Å². The second-order valence-electron chi connectivity index (χ2n) is 6.21. The van der Waals surface area contributed by atoms with Gasteiger partial charge in [-0.1, -0.05) is 42.1 Å². The van der Waals surface area contributed by atoms with Gasteiger partial charge in [-0.2, -0.15) is 4.31 Å². The molecule has 11 heteroatoms. The predicted molar refractivity (Wildman–Crippen MR) is 101 cm³/mol. The van der Waals surface area contributed by atoms with Gasteiger partial charge in [0.15, 0.2) is 0 Å². The van der Waals surface area contributed by atoms with Gasteiger partial charge >= 0.3 is 0 Å². The van der Waals surface area contributed by atoms with Gasteiger partial charge in [-0.05, 0) is 16.0 Å². The van der Waals surface area contributed by atoms with Crippen LogP contribution in [0.3, 0.4) is 0 Å². The Labute approximate surface area is 162 Å². The second kappa shape index (κ2) is 8.81. The fourth-order valence-electron chi connectivity index (χ4n) is 2.82. The topological polar surface area (TPSA) is 101 Å². The summed E-state index contributed by atoms with van der Waals surface area (Å²) < 4.78 is 28.2. The van der Waals surface area contributed by atoms with Crippen LogP contribution in [0.1, 0.15) is 12.0 Å². The van der Waals surface area contributed by atoms with E-state index < -0.39 is 10.0 Å². The summed E-state index contributed by atoms with van der Waals surface area (Å²) in [5.41, 5.74) is 0.770. The van der Waals surface area contributed by atoms with Crippen LogP contribution in [0.2, 0.25) is 0 Å². The molecule has 0 radical (unpaired) electrons. The third-order valence-electron chi connectivity index (χ3n) is 4.30. The van der Waals surface area contributed by atoms with Crippen LogP contribution in [0.4, 0.5) is 0 Å². The smallest absolute Gasteiger partial charge is 0.223 e. The maximum Gasteiger partial charge on any atom is 0.223 e. The Balaban J connectivity index is 1.45. The molecule has 1 saturated heterocycles. The number of carbonyl (C=O) groups is 1. The molecule has 27 heavy (non-hydrogen) atoms. The van der Waals surface area contributed by atoms with Crippen LogP contribution in [0.15, 0.2) is 35.5 Å². The number of nitrogens with zero attached hydrogens (tertiary/aromatic N) is 6. The molecule has 0 unspecified atom stereocenters. The maximum atomic E-state index is 12.6. The summed E-state index contributed by atoms with van der Waals surface area (Å²) in [4.78, 5) is 14.1. The van der Waals surface area contributed by atoms with Gasteiger partial charge in [-0.3, -0.25) is 4.79 Å². The van der Waals surface area contributed by atoms with E-state index in [1.54, 1.807) is 16.6 Å². The number of benzene rings is 1. The summed E-state index contributed by atoms with van der Waals surface area (Å²) in [6, 6.07) is 9.13. The highest BCUT2D eigenvalue weighted by Gasteiger charge is 2.28. The Kier molecular flexibility index (Phi) is 6.45. The first kappa shape index (κ1) is 19.8. The fourth-order valence-corrected chi connectivity index (χ4v) is 5.12. The van der Waals surface area contributed by atoms with E-state index in [1.807, 2.05) is 30.3 Å². The van der Waals surface area contributed by atoms with E-state index in [-0.39, 0.29) is 11.7 Å².